The van der Waals surface area contributed by atoms with Crippen LogP contribution in [0.15, 0.2) is 54.6 Å². The van der Waals surface area contributed by atoms with Crippen LogP contribution in [0.1, 0.15) is 18.0 Å². The standard InChI is InChI=1S/C21H25FN2O3/c22-18-6-8-19(9-7-18)27-13-10-21(25)23-16-20(17-4-2-1-3-5-17)24-11-14-26-15-12-24/h1-9,20H,10-16H2,(H,23,25). The summed E-state index contributed by atoms with van der Waals surface area (Å²) in [5.74, 6) is 0.182. The fourth-order valence-electron chi connectivity index (χ4n) is 3.11. The van der Waals surface area contributed by atoms with Crippen molar-refractivity contribution in [2.24, 2.45) is 0 Å². The van der Waals surface area contributed by atoms with Crippen molar-refractivity contribution in [1.82, 2.24) is 10.2 Å². The minimum Gasteiger partial charge on any atom is -0.493 e. The smallest absolute Gasteiger partial charge is 0.223 e. The van der Waals surface area contributed by atoms with Crippen molar-refractivity contribution in [3.63, 3.8) is 0 Å². The van der Waals surface area contributed by atoms with E-state index in [1.54, 1.807) is 12.1 Å². The van der Waals surface area contributed by atoms with Crippen LogP contribution in [-0.4, -0.2) is 50.3 Å². The Morgan fingerprint density at radius 3 is 2.52 bits per heavy atom. The first-order chi connectivity index (χ1) is 13.2. The molecule has 1 atom stereocenters. The van der Waals surface area contributed by atoms with Crippen LogP contribution < -0.4 is 10.1 Å². The number of nitrogens with zero attached hydrogens (tertiary/aromatic N) is 1. The van der Waals surface area contributed by atoms with Gasteiger partial charge in [-0.1, -0.05) is 30.3 Å². The lowest BCUT2D eigenvalue weighted by Gasteiger charge is -2.35. The highest BCUT2D eigenvalue weighted by Crippen LogP contribution is 2.21. The highest BCUT2D eigenvalue weighted by Gasteiger charge is 2.22. The van der Waals surface area contributed by atoms with Gasteiger partial charge in [-0.05, 0) is 29.8 Å². The number of halogens is 1. The van der Waals surface area contributed by atoms with E-state index in [9.17, 15) is 9.18 Å². The summed E-state index contributed by atoms with van der Waals surface area (Å²) >= 11 is 0. The number of ether oxygens (including phenoxy) is 2. The number of morpholine rings is 1. The molecule has 1 saturated heterocycles. The summed E-state index contributed by atoms with van der Waals surface area (Å²) in [7, 11) is 0. The molecule has 0 aliphatic carbocycles. The molecule has 0 aromatic heterocycles. The zero-order valence-corrected chi connectivity index (χ0v) is 15.3. The molecule has 1 amide bonds. The topological polar surface area (TPSA) is 50.8 Å². The summed E-state index contributed by atoms with van der Waals surface area (Å²) < 4.78 is 23.8. The first kappa shape index (κ1) is 19.3. The molecule has 2 aromatic rings. The normalized spacial score (nSPS) is 15.9. The Bertz CT molecular complexity index is 703. The molecular weight excluding hydrogens is 347 g/mol. The molecule has 1 unspecified atom stereocenters. The lowest BCUT2D eigenvalue weighted by molar-refractivity contribution is -0.121. The van der Waals surface area contributed by atoms with E-state index in [1.165, 1.54) is 17.7 Å². The third-order valence-electron chi connectivity index (χ3n) is 4.57. The van der Waals surface area contributed by atoms with E-state index in [0.717, 1.165) is 13.1 Å². The number of benzene rings is 2. The molecule has 1 fully saturated rings. The van der Waals surface area contributed by atoms with Crippen LogP contribution in [0.4, 0.5) is 4.39 Å². The van der Waals surface area contributed by atoms with E-state index in [-0.39, 0.29) is 30.8 Å². The first-order valence-corrected chi connectivity index (χ1v) is 9.24. The number of hydrogen-bond acceptors (Lipinski definition) is 4. The summed E-state index contributed by atoms with van der Waals surface area (Å²) in [5.41, 5.74) is 1.18. The van der Waals surface area contributed by atoms with Gasteiger partial charge in [-0.3, -0.25) is 9.69 Å². The average Bonchev–Trinajstić information content (AvgIpc) is 2.71. The molecule has 0 bridgehead atoms. The predicted molar refractivity (Wildman–Crippen MR) is 101 cm³/mol. The number of carbonyl (C=O) groups is 1. The van der Waals surface area contributed by atoms with Gasteiger partial charge < -0.3 is 14.8 Å². The van der Waals surface area contributed by atoms with Crippen molar-refractivity contribution in [3.8, 4) is 5.75 Å². The van der Waals surface area contributed by atoms with Gasteiger partial charge >= 0.3 is 0 Å². The van der Waals surface area contributed by atoms with Crippen LogP contribution in [0.3, 0.4) is 0 Å². The first-order valence-electron chi connectivity index (χ1n) is 9.24. The highest BCUT2D eigenvalue weighted by molar-refractivity contribution is 5.76. The summed E-state index contributed by atoms with van der Waals surface area (Å²) in [6, 6.07) is 16.1. The molecule has 6 heteroatoms. The van der Waals surface area contributed by atoms with Crippen LogP contribution in [0.2, 0.25) is 0 Å². The van der Waals surface area contributed by atoms with Crippen molar-refractivity contribution in [2.45, 2.75) is 12.5 Å². The third-order valence-corrected chi connectivity index (χ3v) is 4.57. The second-order valence-corrected chi connectivity index (χ2v) is 6.43. The van der Waals surface area contributed by atoms with E-state index in [1.807, 2.05) is 18.2 Å². The van der Waals surface area contributed by atoms with Crippen LogP contribution in [0.25, 0.3) is 0 Å². The SMILES string of the molecule is O=C(CCOc1ccc(F)cc1)NCC(c1ccccc1)N1CCOCC1. The van der Waals surface area contributed by atoms with Crippen molar-refractivity contribution in [3.05, 3.63) is 66.0 Å². The van der Waals surface area contributed by atoms with Crippen LogP contribution in [0, 0.1) is 5.82 Å². The molecule has 1 aliphatic rings. The Labute approximate surface area is 159 Å². The van der Waals surface area contributed by atoms with E-state index in [2.05, 4.69) is 22.3 Å². The van der Waals surface area contributed by atoms with Gasteiger partial charge in [0.1, 0.15) is 11.6 Å². The van der Waals surface area contributed by atoms with Gasteiger partial charge in [0.15, 0.2) is 0 Å². The van der Waals surface area contributed by atoms with Crippen molar-refractivity contribution in [1.29, 1.82) is 0 Å². The summed E-state index contributed by atoms with van der Waals surface area (Å²) in [6.07, 6.45) is 0.252. The Kier molecular flexibility index (Phi) is 7.19. The largest absolute Gasteiger partial charge is 0.493 e. The minimum atomic E-state index is -0.310. The molecule has 2 aromatic carbocycles. The average molecular weight is 372 g/mol. The maximum absolute atomic E-state index is 12.9. The molecule has 3 rings (SSSR count). The summed E-state index contributed by atoms with van der Waals surface area (Å²) in [4.78, 5) is 14.6. The highest BCUT2D eigenvalue weighted by atomic mass is 19.1. The van der Waals surface area contributed by atoms with Crippen LogP contribution in [0.5, 0.6) is 5.75 Å². The van der Waals surface area contributed by atoms with Crippen LogP contribution >= 0.6 is 0 Å². The molecule has 0 spiro atoms. The molecule has 1 aliphatic heterocycles. The summed E-state index contributed by atoms with van der Waals surface area (Å²) in [5, 5.41) is 3.01. The summed E-state index contributed by atoms with van der Waals surface area (Å²) in [6.45, 7) is 3.92. The fraction of sp³-hybridized carbons (Fsp3) is 0.381. The van der Waals surface area contributed by atoms with Gasteiger partial charge in [-0.2, -0.15) is 0 Å². The zero-order chi connectivity index (χ0) is 18.9. The molecule has 1 N–H and O–H groups in total. The number of hydrogen-bond donors (Lipinski definition) is 1. The molecule has 27 heavy (non-hydrogen) atoms. The van der Waals surface area contributed by atoms with Gasteiger partial charge in [0.05, 0.1) is 32.3 Å². The van der Waals surface area contributed by atoms with Gasteiger partial charge in [0.2, 0.25) is 5.91 Å². The van der Waals surface area contributed by atoms with Gasteiger partial charge in [0, 0.05) is 19.6 Å². The maximum atomic E-state index is 12.9. The molecule has 144 valence electrons. The van der Waals surface area contributed by atoms with Gasteiger partial charge in [-0.15, -0.1) is 0 Å². The molecule has 0 saturated carbocycles. The lowest BCUT2D eigenvalue weighted by Crippen LogP contribution is -2.44. The fourth-order valence-corrected chi connectivity index (χ4v) is 3.11. The Morgan fingerprint density at radius 1 is 1.11 bits per heavy atom. The third kappa shape index (κ3) is 6.05. The van der Waals surface area contributed by atoms with Gasteiger partial charge in [-0.25, -0.2) is 4.39 Å². The van der Waals surface area contributed by atoms with Gasteiger partial charge in [0.25, 0.3) is 0 Å². The number of rotatable bonds is 8. The zero-order valence-electron chi connectivity index (χ0n) is 15.3. The van der Waals surface area contributed by atoms with Crippen molar-refractivity contribution < 1.29 is 18.7 Å². The maximum Gasteiger partial charge on any atom is 0.223 e. The molecule has 1 heterocycles. The van der Waals surface area contributed by atoms with E-state index < -0.39 is 0 Å². The van der Waals surface area contributed by atoms with Crippen molar-refractivity contribution >= 4 is 5.91 Å². The second kappa shape index (κ2) is 10.0. The van der Waals surface area contributed by atoms with E-state index in [0.29, 0.717) is 25.5 Å². The Balaban J connectivity index is 1.48. The van der Waals surface area contributed by atoms with Crippen LogP contribution in [-0.2, 0) is 9.53 Å². The minimum absolute atomic E-state index is 0.0636. The Hall–Kier alpha value is -2.44. The molecular formula is C21H25FN2O3. The number of amides is 1. The second-order valence-electron chi connectivity index (χ2n) is 6.43. The quantitative estimate of drug-likeness (QED) is 0.774. The Morgan fingerprint density at radius 2 is 1.81 bits per heavy atom. The van der Waals surface area contributed by atoms with E-state index >= 15 is 0 Å². The number of nitrogens with one attached hydrogen (secondary N) is 1. The lowest BCUT2D eigenvalue weighted by atomic mass is 10.0. The molecule has 5 nitrogen and oxygen atoms in total. The van der Waals surface area contributed by atoms with E-state index in [4.69, 9.17) is 9.47 Å². The monoisotopic (exact) mass is 372 g/mol. The number of carbonyl (C=O) groups excluding carboxylic acids is 1. The molecule has 0 radical (unpaired) electrons. The predicted octanol–water partition coefficient (Wildman–Crippen LogP) is 2.78. The van der Waals surface area contributed by atoms with Crippen molar-refractivity contribution in [2.75, 3.05) is 39.5 Å².